The zero-order valence-electron chi connectivity index (χ0n) is 18.3. The molecule has 1 N–H and O–H groups in total. The first-order chi connectivity index (χ1) is 15.5. The van der Waals surface area contributed by atoms with Gasteiger partial charge in [-0.1, -0.05) is 30.3 Å². The Balaban J connectivity index is 1.59. The molecule has 0 bridgehead atoms. The van der Waals surface area contributed by atoms with Crippen LogP contribution < -0.4 is 10.2 Å². The van der Waals surface area contributed by atoms with Crippen LogP contribution in [0.1, 0.15) is 41.5 Å². The Morgan fingerprint density at radius 2 is 2.03 bits per heavy atom. The smallest absolute Gasteiger partial charge is 0.248 e. The molecule has 8 heteroatoms. The van der Waals surface area contributed by atoms with Crippen molar-refractivity contribution in [3.05, 3.63) is 71.3 Å². The largest absolute Gasteiger partial charge is 0.467 e. The minimum atomic E-state index is -0.771. The fourth-order valence-electron chi connectivity index (χ4n) is 4.98. The number of fused-ring (bicyclic) bond motifs is 3. The summed E-state index contributed by atoms with van der Waals surface area (Å²) in [6.07, 6.45) is 3.29. The van der Waals surface area contributed by atoms with E-state index in [4.69, 9.17) is 4.42 Å². The number of anilines is 1. The molecule has 0 spiro atoms. The van der Waals surface area contributed by atoms with E-state index in [1.165, 1.54) is 0 Å². The number of benzene rings is 1. The van der Waals surface area contributed by atoms with E-state index in [1.807, 2.05) is 55.1 Å². The van der Waals surface area contributed by atoms with Gasteiger partial charge in [-0.15, -0.1) is 0 Å². The molecule has 2 aromatic heterocycles. The number of nitrogens with zero attached hydrogens (tertiary/aromatic N) is 4. The van der Waals surface area contributed by atoms with Crippen LogP contribution in [0, 0.1) is 6.92 Å². The third-order valence-electron chi connectivity index (χ3n) is 6.38. The molecule has 166 valence electrons. The van der Waals surface area contributed by atoms with Gasteiger partial charge < -0.3 is 19.5 Å². The van der Waals surface area contributed by atoms with Crippen molar-refractivity contribution in [2.24, 2.45) is 7.05 Å². The fraction of sp³-hybridized carbons (Fsp3) is 0.375. The van der Waals surface area contributed by atoms with Crippen molar-refractivity contribution in [3.8, 4) is 0 Å². The van der Waals surface area contributed by atoms with Crippen LogP contribution in [0.15, 0.2) is 53.1 Å². The number of rotatable bonds is 5. The van der Waals surface area contributed by atoms with E-state index in [9.17, 15) is 9.59 Å². The van der Waals surface area contributed by atoms with Crippen LogP contribution in [0.3, 0.4) is 0 Å². The number of aryl methyl sites for hydroxylation is 2. The molecule has 2 unspecified atom stereocenters. The molecular weight excluding hydrogens is 406 g/mol. The highest BCUT2D eigenvalue weighted by atomic mass is 16.3. The summed E-state index contributed by atoms with van der Waals surface area (Å²) in [6, 6.07) is 12.4. The summed E-state index contributed by atoms with van der Waals surface area (Å²) in [5.41, 5.74) is 2.55. The van der Waals surface area contributed by atoms with Crippen LogP contribution in [0.5, 0.6) is 0 Å². The zero-order chi connectivity index (χ0) is 22.2. The average Bonchev–Trinajstić information content (AvgIpc) is 3.52. The van der Waals surface area contributed by atoms with Gasteiger partial charge in [-0.25, -0.2) is 0 Å². The molecule has 0 saturated carbocycles. The summed E-state index contributed by atoms with van der Waals surface area (Å²) < 4.78 is 7.19. The van der Waals surface area contributed by atoms with Gasteiger partial charge in [0, 0.05) is 25.7 Å². The molecule has 4 heterocycles. The number of hydrogen-bond acceptors (Lipinski definition) is 5. The van der Waals surface area contributed by atoms with Crippen LogP contribution in [-0.2, 0) is 29.7 Å². The number of hydrogen-bond donors (Lipinski definition) is 1. The molecule has 2 aliphatic rings. The third-order valence-corrected chi connectivity index (χ3v) is 6.38. The summed E-state index contributed by atoms with van der Waals surface area (Å²) in [6.45, 7) is 3.31. The Morgan fingerprint density at radius 1 is 1.22 bits per heavy atom. The van der Waals surface area contributed by atoms with Gasteiger partial charge in [-0.05, 0) is 37.5 Å². The first-order valence-corrected chi connectivity index (χ1v) is 11.0. The lowest BCUT2D eigenvalue weighted by atomic mass is 10.0. The third kappa shape index (κ3) is 3.45. The van der Waals surface area contributed by atoms with E-state index < -0.39 is 6.04 Å². The quantitative estimate of drug-likeness (QED) is 0.669. The Morgan fingerprint density at radius 3 is 2.78 bits per heavy atom. The Hall–Kier alpha value is -3.55. The van der Waals surface area contributed by atoms with Crippen molar-refractivity contribution in [1.29, 1.82) is 0 Å². The monoisotopic (exact) mass is 433 g/mol. The second-order valence-electron chi connectivity index (χ2n) is 8.45. The van der Waals surface area contributed by atoms with Crippen LogP contribution >= 0.6 is 0 Å². The maximum atomic E-state index is 13.8. The average molecular weight is 434 g/mol. The molecule has 0 aliphatic carbocycles. The van der Waals surface area contributed by atoms with Crippen molar-refractivity contribution in [1.82, 2.24) is 20.0 Å². The fourth-order valence-corrected chi connectivity index (χ4v) is 4.98. The molecule has 2 amide bonds. The molecule has 0 radical (unpaired) electrons. The van der Waals surface area contributed by atoms with Gasteiger partial charge in [0.2, 0.25) is 11.8 Å². The molecule has 32 heavy (non-hydrogen) atoms. The summed E-state index contributed by atoms with van der Waals surface area (Å²) in [5.74, 6) is 1.29. The molecule has 2 atom stereocenters. The van der Waals surface area contributed by atoms with Crippen LogP contribution in [0.2, 0.25) is 0 Å². The molecule has 1 saturated heterocycles. The standard InChI is InChI=1S/C24H27N5O3/c1-16-20-21(22(30)25-14-18-10-7-13-32-18)29(15-17-8-4-3-5-9-17)24(31)19-11-6-12-28(19)23(20)27(2)26-16/h3-5,7-10,13,19,21H,6,11-12,14-15H2,1-2H3,(H,25,30). The summed E-state index contributed by atoms with van der Waals surface area (Å²) in [7, 11) is 1.89. The van der Waals surface area contributed by atoms with Gasteiger partial charge in [0.15, 0.2) is 0 Å². The lowest BCUT2D eigenvalue weighted by molar-refractivity contribution is -0.142. The highest BCUT2D eigenvalue weighted by Crippen LogP contribution is 2.41. The molecule has 8 nitrogen and oxygen atoms in total. The van der Waals surface area contributed by atoms with E-state index in [0.717, 1.165) is 42.0 Å². The number of nitrogens with one attached hydrogen (secondary N) is 1. The summed E-state index contributed by atoms with van der Waals surface area (Å²) in [4.78, 5) is 31.3. The van der Waals surface area contributed by atoms with E-state index in [0.29, 0.717) is 12.3 Å². The zero-order valence-corrected chi connectivity index (χ0v) is 18.3. The van der Waals surface area contributed by atoms with Crippen molar-refractivity contribution in [2.75, 3.05) is 11.4 Å². The van der Waals surface area contributed by atoms with Gasteiger partial charge in [0.05, 0.1) is 18.5 Å². The second kappa shape index (κ2) is 8.18. The second-order valence-corrected chi connectivity index (χ2v) is 8.45. The SMILES string of the molecule is Cc1nn(C)c2c1C(C(=O)NCc1ccco1)N(Cc1ccccc1)C(=O)C1CCCN21. The summed E-state index contributed by atoms with van der Waals surface area (Å²) >= 11 is 0. The van der Waals surface area contributed by atoms with Gasteiger partial charge in [-0.3, -0.25) is 14.3 Å². The van der Waals surface area contributed by atoms with Crippen molar-refractivity contribution in [2.45, 2.75) is 44.9 Å². The van der Waals surface area contributed by atoms with Gasteiger partial charge >= 0.3 is 0 Å². The predicted octanol–water partition coefficient (Wildman–Crippen LogP) is 2.69. The van der Waals surface area contributed by atoms with Crippen molar-refractivity contribution < 1.29 is 14.0 Å². The normalized spacial score (nSPS) is 20.1. The predicted molar refractivity (Wildman–Crippen MR) is 119 cm³/mol. The number of furan rings is 1. The number of carbonyl (C=O) groups is 2. The summed E-state index contributed by atoms with van der Waals surface area (Å²) in [5, 5.41) is 7.62. The lowest BCUT2D eigenvalue weighted by Gasteiger charge is -2.31. The Labute approximate surface area is 186 Å². The molecule has 3 aromatic rings. The molecular formula is C24H27N5O3. The van der Waals surface area contributed by atoms with E-state index >= 15 is 0 Å². The first kappa shape index (κ1) is 20.4. The minimum Gasteiger partial charge on any atom is -0.467 e. The number of carbonyl (C=O) groups excluding carboxylic acids is 2. The Kier molecular flexibility index (Phi) is 5.20. The van der Waals surface area contributed by atoms with Gasteiger partial charge in [0.25, 0.3) is 0 Å². The van der Waals surface area contributed by atoms with E-state index in [-0.39, 0.29) is 24.4 Å². The molecule has 1 aromatic carbocycles. The number of amides is 2. The molecule has 1 fully saturated rings. The van der Waals surface area contributed by atoms with E-state index in [2.05, 4.69) is 15.3 Å². The Bertz CT molecular complexity index is 1120. The van der Waals surface area contributed by atoms with Crippen LogP contribution in [0.25, 0.3) is 0 Å². The molecule has 2 aliphatic heterocycles. The van der Waals surface area contributed by atoms with E-state index in [1.54, 1.807) is 17.2 Å². The van der Waals surface area contributed by atoms with Crippen LogP contribution in [0.4, 0.5) is 5.82 Å². The molecule has 5 rings (SSSR count). The van der Waals surface area contributed by atoms with Crippen molar-refractivity contribution >= 4 is 17.6 Å². The van der Waals surface area contributed by atoms with Gasteiger partial charge in [0.1, 0.15) is 23.7 Å². The van der Waals surface area contributed by atoms with Gasteiger partial charge in [-0.2, -0.15) is 5.10 Å². The maximum Gasteiger partial charge on any atom is 0.248 e. The topological polar surface area (TPSA) is 83.6 Å². The maximum absolute atomic E-state index is 13.8. The highest BCUT2D eigenvalue weighted by Gasteiger charge is 2.47. The van der Waals surface area contributed by atoms with Crippen molar-refractivity contribution in [3.63, 3.8) is 0 Å². The minimum absolute atomic E-state index is 0.0138. The number of aromatic nitrogens is 2. The first-order valence-electron chi connectivity index (χ1n) is 11.0. The lowest BCUT2D eigenvalue weighted by Crippen LogP contribution is -2.47. The highest BCUT2D eigenvalue weighted by molar-refractivity contribution is 5.95. The van der Waals surface area contributed by atoms with Crippen LogP contribution in [-0.4, -0.2) is 39.1 Å².